The van der Waals surface area contributed by atoms with Crippen molar-refractivity contribution < 1.29 is 4.79 Å². The predicted molar refractivity (Wildman–Crippen MR) is 76.5 cm³/mol. The fourth-order valence-corrected chi connectivity index (χ4v) is 2.41. The average Bonchev–Trinajstić information content (AvgIpc) is 3.20. The number of aromatic nitrogens is 1. The van der Waals surface area contributed by atoms with Gasteiger partial charge in [-0.3, -0.25) is 4.79 Å². The highest BCUT2D eigenvalue weighted by Gasteiger charge is 2.30. The second-order valence-corrected chi connectivity index (χ2v) is 5.46. The molecule has 20 heavy (non-hydrogen) atoms. The zero-order chi connectivity index (χ0) is 14.1. The third kappa shape index (κ3) is 2.50. The molecule has 1 aliphatic rings. The molecule has 0 atom stereocenters. The summed E-state index contributed by atoms with van der Waals surface area (Å²) in [6.07, 6.45) is 5.96. The molecule has 1 aliphatic carbocycles. The molecular weight excluding hydrogens is 248 g/mol. The number of rotatable bonds is 4. The van der Waals surface area contributed by atoms with Crippen LogP contribution in [0.25, 0.3) is 0 Å². The largest absolute Gasteiger partial charge is 0.349 e. The molecule has 100 valence electrons. The van der Waals surface area contributed by atoms with Crippen molar-refractivity contribution in [3.63, 3.8) is 0 Å². The molecule has 0 amide bonds. The van der Waals surface area contributed by atoms with Gasteiger partial charge in [0.15, 0.2) is 5.78 Å². The van der Waals surface area contributed by atoms with Crippen molar-refractivity contribution in [1.82, 2.24) is 4.57 Å². The van der Waals surface area contributed by atoms with Crippen molar-refractivity contribution in [2.45, 2.75) is 26.3 Å². The van der Waals surface area contributed by atoms with Crippen LogP contribution in [-0.4, -0.2) is 10.4 Å². The first kappa shape index (κ1) is 12.7. The number of benzene rings is 1. The third-order valence-electron chi connectivity index (χ3n) is 3.81. The molecule has 1 heterocycles. The van der Waals surface area contributed by atoms with E-state index in [4.69, 9.17) is 5.26 Å². The third-order valence-corrected chi connectivity index (χ3v) is 3.81. The van der Waals surface area contributed by atoms with Crippen LogP contribution in [0.15, 0.2) is 36.7 Å². The van der Waals surface area contributed by atoms with Gasteiger partial charge >= 0.3 is 0 Å². The summed E-state index contributed by atoms with van der Waals surface area (Å²) in [4.78, 5) is 12.0. The lowest BCUT2D eigenvalue weighted by Crippen LogP contribution is -2.02. The summed E-state index contributed by atoms with van der Waals surface area (Å²) in [7, 11) is 0. The summed E-state index contributed by atoms with van der Waals surface area (Å²) in [5.41, 5.74) is 3.78. The zero-order valence-corrected chi connectivity index (χ0v) is 11.5. The molecule has 0 aliphatic heterocycles. The van der Waals surface area contributed by atoms with E-state index in [1.807, 2.05) is 48.1 Å². The molecule has 3 nitrogen and oxygen atoms in total. The fraction of sp³-hybridized carbons (Fsp3) is 0.294. The highest BCUT2D eigenvalue weighted by molar-refractivity contribution is 5.99. The van der Waals surface area contributed by atoms with E-state index in [0.717, 1.165) is 30.5 Å². The Bertz CT molecular complexity index is 702. The summed E-state index contributed by atoms with van der Waals surface area (Å²) >= 11 is 0. The van der Waals surface area contributed by atoms with Gasteiger partial charge < -0.3 is 4.57 Å². The summed E-state index contributed by atoms with van der Waals surface area (Å²) in [5, 5.41) is 8.87. The van der Waals surface area contributed by atoms with Crippen molar-refractivity contribution in [1.29, 1.82) is 5.26 Å². The van der Waals surface area contributed by atoms with E-state index in [1.165, 1.54) is 5.56 Å². The van der Waals surface area contributed by atoms with Gasteiger partial charge in [0, 0.05) is 30.4 Å². The first-order valence-corrected chi connectivity index (χ1v) is 6.87. The summed E-state index contributed by atoms with van der Waals surface area (Å²) in [6, 6.07) is 9.76. The predicted octanol–water partition coefficient (Wildman–Crippen LogP) is 3.31. The number of carbonyl (C=O) groups excluding carboxylic acids is 1. The summed E-state index contributed by atoms with van der Waals surface area (Å²) in [5.74, 6) is 0.544. The lowest BCUT2D eigenvalue weighted by Gasteiger charge is -2.07. The number of hydrogen-bond donors (Lipinski definition) is 0. The van der Waals surface area contributed by atoms with Crippen LogP contribution in [0, 0.1) is 24.2 Å². The minimum atomic E-state index is 0.266. The average molecular weight is 264 g/mol. The summed E-state index contributed by atoms with van der Waals surface area (Å²) < 4.78 is 2.03. The number of ketones is 1. The van der Waals surface area contributed by atoms with Crippen LogP contribution in [-0.2, 0) is 6.54 Å². The van der Waals surface area contributed by atoms with Gasteiger partial charge in [-0.25, -0.2) is 0 Å². The van der Waals surface area contributed by atoms with Gasteiger partial charge in [0.1, 0.15) is 0 Å². The Hall–Kier alpha value is -2.34. The smallest absolute Gasteiger partial charge is 0.167 e. The molecule has 3 heteroatoms. The number of aryl methyl sites for hydroxylation is 1. The number of nitrogens with zero attached hydrogens (tertiary/aromatic N) is 2. The second-order valence-electron chi connectivity index (χ2n) is 5.46. The van der Waals surface area contributed by atoms with Crippen LogP contribution < -0.4 is 0 Å². The Morgan fingerprint density at radius 3 is 2.85 bits per heavy atom. The zero-order valence-electron chi connectivity index (χ0n) is 11.5. The topological polar surface area (TPSA) is 45.8 Å². The van der Waals surface area contributed by atoms with Gasteiger partial charge in [-0.2, -0.15) is 5.26 Å². The second kappa shape index (κ2) is 4.97. The van der Waals surface area contributed by atoms with E-state index in [0.29, 0.717) is 5.56 Å². The van der Waals surface area contributed by atoms with Crippen molar-refractivity contribution >= 4 is 5.78 Å². The Morgan fingerprint density at radius 1 is 1.40 bits per heavy atom. The highest BCUT2D eigenvalue weighted by atomic mass is 16.1. The number of hydrogen-bond acceptors (Lipinski definition) is 2. The molecule has 0 saturated heterocycles. The Balaban J connectivity index is 1.78. The van der Waals surface area contributed by atoms with Crippen molar-refractivity contribution in [2.75, 3.05) is 0 Å². The SMILES string of the molecule is Cc1cc(C#N)ccc1Cn1ccc(C(=O)C2CC2)c1. The molecule has 0 unspecified atom stereocenters. The van der Waals surface area contributed by atoms with Gasteiger partial charge in [0.25, 0.3) is 0 Å². The molecule has 1 saturated carbocycles. The minimum absolute atomic E-state index is 0.266. The Kier molecular flexibility index (Phi) is 3.15. The van der Waals surface area contributed by atoms with Crippen molar-refractivity contribution in [3.8, 4) is 6.07 Å². The molecule has 2 aromatic rings. The maximum Gasteiger partial charge on any atom is 0.167 e. The molecule has 0 radical (unpaired) electrons. The number of carbonyl (C=O) groups is 1. The fourth-order valence-electron chi connectivity index (χ4n) is 2.41. The van der Waals surface area contributed by atoms with E-state index >= 15 is 0 Å². The molecule has 3 rings (SSSR count). The van der Waals surface area contributed by atoms with E-state index in [1.54, 1.807) is 0 Å². The van der Waals surface area contributed by atoms with Gasteiger partial charge in [0.05, 0.1) is 11.6 Å². The van der Waals surface area contributed by atoms with E-state index in [2.05, 4.69) is 6.07 Å². The summed E-state index contributed by atoms with van der Waals surface area (Å²) in [6.45, 7) is 2.74. The van der Waals surface area contributed by atoms with Gasteiger partial charge in [-0.15, -0.1) is 0 Å². The molecular formula is C17H16N2O. The quantitative estimate of drug-likeness (QED) is 0.795. The lowest BCUT2D eigenvalue weighted by atomic mass is 10.1. The number of Topliss-reactive ketones (excluding diaryl/α,β-unsaturated/α-hetero) is 1. The van der Waals surface area contributed by atoms with Crippen LogP contribution in [0.2, 0.25) is 0 Å². The molecule has 0 spiro atoms. The highest BCUT2D eigenvalue weighted by Crippen LogP contribution is 2.32. The Labute approximate surface area is 118 Å². The van der Waals surface area contributed by atoms with Crippen LogP contribution in [0.3, 0.4) is 0 Å². The minimum Gasteiger partial charge on any atom is -0.349 e. The van der Waals surface area contributed by atoms with Gasteiger partial charge in [0.2, 0.25) is 0 Å². The maximum absolute atomic E-state index is 12.0. The van der Waals surface area contributed by atoms with Crippen LogP contribution in [0.1, 0.15) is 39.9 Å². The van der Waals surface area contributed by atoms with Crippen LogP contribution >= 0.6 is 0 Å². The normalized spacial score (nSPS) is 14.0. The first-order valence-electron chi connectivity index (χ1n) is 6.87. The molecule has 0 N–H and O–H groups in total. The standard InChI is InChI=1S/C17H16N2O/c1-12-8-13(9-18)2-3-15(12)10-19-7-6-16(11-19)17(20)14-4-5-14/h2-3,6-8,11,14H,4-5,10H2,1H3. The van der Waals surface area contributed by atoms with E-state index in [-0.39, 0.29) is 11.7 Å². The molecule has 0 bridgehead atoms. The molecule has 1 aromatic carbocycles. The van der Waals surface area contributed by atoms with Crippen LogP contribution in [0.5, 0.6) is 0 Å². The first-order chi connectivity index (χ1) is 9.67. The van der Waals surface area contributed by atoms with Gasteiger partial charge in [-0.1, -0.05) is 6.07 Å². The van der Waals surface area contributed by atoms with E-state index < -0.39 is 0 Å². The Morgan fingerprint density at radius 2 is 2.20 bits per heavy atom. The van der Waals surface area contributed by atoms with Crippen LogP contribution in [0.4, 0.5) is 0 Å². The monoisotopic (exact) mass is 264 g/mol. The number of nitriles is 1. The van der Waals surface area contributed by atoms with E-state index in [9.17, 15) is 4.79 Å². The van der Waals surface area contributed by atoms with Crippen molar-refractivity contribution in [2.24, 2.45) is 5.92 Å². The molecule has 1 aromatic heterocycles. The maximum atomic E-state index is 12.0. The van der Waals surface area contributed by atoms with Crippen molar-refractivity contribution in [3.05, 3.63) is 58.9 Å². The van der Waals surface area contributed by atoms with Gasteiger partial charge in [-0.05, 0) is 49.1 Å². The lowest BCUT2D eigenvalue weighted by molar-refractivity contribution is 0.0967. The molecule has 1 fully saturated rings.